The highest BCUT2D eigenvalue weighted by Gasteiger charge is 2.17. The van der Waals surface area contributed by atoms with E-state index in [-0.39, 0.29) is 10.8 Å². The number of hydrogen-bond acceptors (Lipinski definition) is 4. The van der Waals surface area contributed by atoms with E-state index in [1.165, 1.54) is 25.0 Å². The van der Waals surface area contributed by atoms with E-state index in [0.29, 0.717) is 17.8 Å². The predicted molar refractivity (Wildman–Crippen MR) is 116 cm³/mol. The van der Waals surface area contributed by atoms with Crippen molar-refractivity contribution < 1.29 is 13.2 Å². The summed E-state index contributed by atoms with van der Waals surface area (Å²) in [6.07, 6.45) is 3.44. The van der Waals surface area contributed by atoms with Gasteiger partial charge in [-0.15, -0.1) is 0 Å². The molecule has 7 heteroatoms. The minimum atomic E-state index is -3.71. The first-order valence-corrected chi connectivity index (χ1v) is 11.5. The first-order valence-electron chi connectivity index (χ1n) is 10.1. The molecule has 1 heterocycles. The molecular weight excluding hydrogens is 386 g/mol. The summed E-state index contributed by atoms with van der Waals surface area (Å²) < 4.78 is 28.0. The largest absolute Gasteiger partial charge is 0.352 e. The fourth-order valence-corrected chi connectivity index (χ4v) is 4.59. The number of hydrogen-bond donors (Lipinski definition) is 2. The minimum absolute atomic E-state index is 0.129. The van der Waals surface area contributed by atoms with Gasteiger partial charge in [0.25, 0.3) is 15.9 Å². The summed E-state index contributed by atoms with van der Waals surface area (Å²) in [7, 11) is -3.71. The number of carbonyl (C=O) groups is 1. The quantitative estimate of drug-likeness (QED) is 0.649. The van der Waals surface area contributed by atoms with Gasteiger partial charge in [0.1, 0.15) is 0 Å². The molecule has 1 saturated heterocycles. The van der Waals surface area contributed by atoms with Crippen LogP contribution in [0.25, 0.3) is 0 Å². The van der Waals surface area contributed by atoms with Gasteiger partial charge in [-0.2, -0.15) is 0 Å². The zero-order valence-electron chi connectivity index (χ0n) is 17.1. The highest BCUT2D eigenvalue weighted by Crippen LogP contribution is 2.22. The molecule has 0 bridgehead atoms. The van der Waals surface area contributed by atoms with Crippen LogP contribution in [0.4, 0.5) is 5.69 Å². The van der Waals surface area contributed by atoms with Crippen LogP contribution in [0, 0.1) is 13.8 Å². The zero-order chi connectivity index (χ0) is 20.9. The van der Waals surface area contributed by atoms with E-state index in [2.05, 4.69) is 14.9 Å². The fourth-order valence-electron chi connectivity index (χ4n) is 3.46. The number of carbonyl (C=O) groups excluding carboxylic acids is 1. The molecule has 0 aliphatic carbocycles. The van der Waals surface area contributed by atoms with Crippen molar-refractivity contribution in [3.8, 4) is 0 Å². The molecule has 3 rings (SSSR count). The standard InChI is InChI=1S/C22H29N3O3S/c1-17-7-5-8-21(18(17)2)24-29(27,28)20-11-9-19(10-12-20)22(26)23-13-6-16-25-14-3-4-15-25/h5,7-12,24H,3-4,6,13-16H2,1-2H3,(H,23,26). The summed E-state index contributed by atoms with van der Waals surface area (Å²) in [5.74, 6) is -0.183. The van der Waals surface area contributed by atoms with Crippen molar-refractivity contribution in [3.63, 3.8) is 0 Å². The molecule has 0 spiro atoms. The summed E-state index contributed by atoms with van der Waals surface area (Å²) in [6, 6.07) is 11.5. The van der Waals surface area contributed by atoms with Crippen molar-refractivity contribution in [2.24, 2.45) is 0 Å². The third kappa shape index (κ3) is 5.58. The maximum Gasteiger partial charge on any atom is 0.261 e. The molecule has 0 aromatic heterocycles. The van der Waals surface area contributed by atoms with Gasteiger partial charge in [0, 0.05) is 12.1 Å². The Hall–Kier alpha value is -2.38. The van der Waals surface area contributed by atoms with Gasteiger partial charge in [0.2, 0.25) is 0 Å². The predicted octanol–water partition coefficient (Wildman–Crippen LogP) is 3.32. The second-order valence-electron chi connectivity index (χ2n) is 7.54. The molecule has 1 aliphatic rings. The lowest BCUT2D eigenvalue weighted by Crippen LogP contribution is -2.28. The van der Waals surface area contributed by atoms with Crippen molar-refractivity contribution in [2.45, 2.75) is 38.0 Å². The van der Waals surface area contributed by atoms with Crippen LogP contribution in [0.3, 0.4) is 0 Å². The topological polar surface area (TPSA) is 78.5 Å². The zero-order valence-corrected chi connectivity index (χ0v) is 17.9. The molecule has 156 valence electrons. The Morgan fingerprint density at radius 3 is 2.41 bits per heavy atom. The van der Waals surface area contributed by atoms with E-state index < -0.39 is 10.0 Å². The second kappa shape index (κ2) is 9.41. The monoisotopic (exact) mass is 415 g/mol. The Balaban J connectivity index is 1.56. The van der Waals surface area contributed by atoms with Gasteiger partial charge in [-0.3, -0.25) is 9.52 Å². The van der Waals surface area contributed by atoms with Crippen molar-refractivity contribution >= 4 is 21.6 Å². The Morgan fingerprint density at radius 2 is 1.72 bits per heavy atom. The van der Waals surface area contributed by atoms with E-state index in [1.807, 2.05) is 26.0 Å². The van der Waals surface area contributed by atoms with Gasteiger partial charge >= 0.3 is 0 Å². The smallest absolute Gasteiger partial charge is 0.261 e. The first-order chi connectivity index (χ1) is 13.9. The molecular formula is C22H29N3O3S. The van der Waals surface area contributed by atoms with Crippen LogP contribution < -0.4 is 10.0 Å². The van der Waals surface area contributed by atoms with Crippen LogP contribution in [0.5, 0.6) is 0 Å². The van der Waals surface area contributed by atoms with Gasteiger partial charge in [0.15, 0.2) is 0 Å². The summed E-state index contributed by atoms with van der Waals surface area (Å²) in [4.78, 5) is 14.8. The van der Waals surface area contributed by atoms with E-state index in [1.54, 1.807) is 18.2 Å². The van der Waals surface area contributed by atoms with Crippen LogP contribution >= 0.6 is 0 Å². The summed E-state index contributed by atoms with van der Waals surface area (Å²) in [5.41, 5.74) is 2.92. The van der Waals surface area contributed by atoms with Gasteiger partial charge in [-0.25, -0.2) is 8.42 Å². The van der Waals surface area contributed by atoms with Gasteiger partial charge in [-0.1, -0.05) is 12.1 Å². The van der Waals surface area contributed by atoms with Crippen LogP contribution in [0.1, 0.15) is 40.7 Å². The van der Waals surface area contributed by atoms with E-state index >= 15 is 0 Å². The number of amides is 1. The lowest BCUT2D eigenvalue weighted by Gasteiger charge is -2.14. The normalized spacial score (nSPS) is 14.7. The number of aryl methyl sites for hydroxylation is 1. The number of sulfonamides is 1. The van der Waals surface area contributed by atoms with E-state index in [0.717, 1.165) is 37.2 Å². The van der Waals surface area contributed by atoms with Crippen LogP contribution in [-0.2, 0) is 10.0 Å². The number of benzene rings is 2. The van der Waals surface area contributed by atoms with Gasteiger partial charge in [-0.05, 0) is 94.2 Å². The Morgan fingerprint density at radius 1 is 1.03 bits per heavy atom. The highest BCUT2D eigenvalue weighted by molar-refractivity contribution is 7.92. The molecule has 29 heavy (non-hydrogen) atoms. The first kappa shape index (κ1) is 21.3. The molecule has 0 saturated carbocycles. The van der Waals surface area contributed by atoms with Crippen LogP contribution in [0.15, 0.2) is 47.4 Å². The van der Waals surface area contributed by atoms with E-state index in [4.69, 9.17) is 0 Å². The molecule has 2 aromatic rings. The van der Waals surface area contributed by atoms with Crippen molar-refractivity contribution in [1.82, 2.24) is 10.2 Å². The average molecular weight is 416 g/mol. The molecule has 1 amide bonds. The Labute approximate surface area is 173 Å². The van der Waals surface area contributed by atoms with Gasteiger partial charge < -0.3 is 10.2 Å². The van der Waals surface area contributed by atoms with Crippen molar-refractivity contribution in [3.05, 3.63) is 59.2 Å². The fraction of sp³-hybridized carbons (Fsp3) is 0.409. The average Bonchev–Trinajstić information content (AvgIpc) is 3.22. The molecule has 6 nitrogen and oxygen atoms in total. The number of nitrogens with zero attached hydrogens (tertiary/aromatic N) is 1. The molecule has 2 aromatic carbocycles. The number of nitrogens with one attached hydrogen (secondary N) is 2. The maximum absolute atomic E-state index is 12.7. The van der Waals surface area contributed by atoms with Gasteiger partial charge in [0.05, 0.1) is 10.6 Å². The molecule has 0 atom stereocenters. The number of anilines is 1. The molecule has 1 fully saturated rings. The highest BCUT2D eigenvalue weighted by atomic mass is 32.2. The number of likely N-dealkylation sites (tertiary alicyclic amines) is 1. The van der Waals surface area contributed by atoms with Crippen molar-refractivity contribution in [1.29, 1.82) is 0 Å². The molecule has 0 radical (unpaired) electrons. The summed E-state index contributed by atoms with van der Waals surface area (Å²) in [5, 5.41) is 2.90. The van der Waals surface area contributed by atoms with Crippen molar-refractivity contribution in [2.75, 3.05) is 30.9 Å². The minimum Gasteiger partial charge on any atom is -0.352 e. The molecule has 0 unspecified atom stereocenters. The second-order valence-corrected chi connectivity index (χ2v) is 9.22. The number of rotatable bonds is 8. The lowest BCUT2D eigenvalue weighted by atomic mass is 10.1. The maximum atomic E-state index is 12.7. The molecule has 2 N–H and O–H groups in total. The third-order valence-electron chi connectivity index (χ3n) is 5.41. The Kier molecular flexibility index (Phi) is 6.92. The lowest BCUT2D eigenvalue weighted by molar-refractivity contribution is 0.0952. The van der Waals surface area contributed by atoms with E-state index in [9.17, 15) is 13.2 Å². The summed E-state index contributed by atoms with van der Waals surface area (Å²) >= 11 is 0. The summed E-state index contributed by atoms with van der Waals surface area (Å²) in [6.45, 7) is 7.74. The molecule has 1 aliphatic heterocycles. The SMILES string of the molecule is Cc1cccc(NS(=O)(=O)c2ccc(C(=O)NCCCN3CCCC3)cc2)c1C. The van der Waals surface area contributed by atoms with Crippen LogP contribution in [0.2, 0.25) is 0 Å². The van der Waals surface area contributed by atoms with Crippen LogP contribution in [-0.4, -0.2) is 45.4 Å². The Bertz CT molecular complexity index is 950. The third-order valence-corrected chi connectivity index (χ3v) is 6.79.